The Hall–Kier alpha value is -2.41. The standard InChI is InChI=1S/C25H34N2O5/c1-6-31-17-11-9-16(10-12-17)27-20(28)14-19(22(27)29)26(15-18-8-7-13-32-18)23(30)21-24(2,3)25(21,4)5/h9-12,18-19,21H,6-8,13-15H2,1-5H3. The molecule has 7 heteroatoms. The number of hydrogen-bond acceptors (Lipinski definition) is 5. The quantitative estimate of drug-likeness (QED) is 0.605. The molecule has 3 amide bonds. The molecular weight excluding hydrogens is 408 g/mol. The van der Waals surface area contributed by atoms with Crippen molar-refractivity contribution in [2.45, 2.75) is 66.0 Å². The zero-order valence-electron chi connectivity index (χ0n) is 19.7. The molecule has 174 valence electrons. The number of rotatable bonds is 7. The number of imide groups is 1. The van der Waals surface area contributed by atoms with Gasteiger partial charge in [-0.05, 0) is 54.9 Å². The fourth-order valence-corrected chi connectivity index (χ4v) is 5.35. The van der Waals surface area contributed by atoms with Gasteiger partial charge in [-0.15, -0.1) is 0 Å². The number of carbonyl (C=O) groups excluding carboxylic acids is 3. The van der Waals surface area contributed by atoms with Crippen molar-refractivity contribution in [3.8, 4) is 5.75 Å². The van der Waals surface area contributed by atoms with E-state index in [1.807, 2.05) is 6.92 Å². The first-order chi connectivity index (χ1) is 15.1. The summed E-state index contributed by atoms with van der Waals surface area (Å²) in [7, 11) is 0. The highest BCUT2D eigenvalue weighted by atomic mass is 16.5. The third-order valence-electron chi connectivity index (χ3n) is 7.88. The van der Waals surface area contributed by atoms with Gasteiger partial charge < -0.3 is 14.4 Å². The molecule has 2 unspecified atom stereocenters. The number of carbonyl (C=O) groups is 3. The topological polar surface area (TPSA) is 76.2 Å². The number of benzene rings is 1. The lowest BCUT2D eigenvalue weighted by molar-refractivity contribution is -0.142. The van der Waals surface area contributed by atoms with E-state index in [1.165, 1.54) is 4.90 Å². The first kappa shape index (κ1) is 22.8. The number of ether oxygens (including phenoxy) is 2. The summed E-state index contributed by atoms with van der Waals surface area (Å²) in [6, 6.07) is 6.12. The van der Waals surface area contributed by atoms with Crippen LogP contribution >= 0.6 is 0 Å². The molecular formula is C25H34N2O5. The number of hydrogen-bond donors (Lipinski definition) is 0. The molecule has 2 atom stereocenters. The Bertz CT molecular complexity index is 887. The van der Waals surface area contributed by atoms with Crippen LogP contribution < -0.4 is 9.64 Å². The van der Waals surface area contributed by atoms with Crippen molar-refractivity contribution in [2.24, 2.45) is 16.7 Å². The van der Waals surface area contributed by atoms with Gasteiger partial charge in [-0.1, -0.05) is 27.7 Å². The Morgan fingerprint density at radius 3 is 2.34 bits per heavy atom. The van der Waals surface area contributed by atoms with Crippen molar-refractivity contribution in [3.63, 3.8) is 0 Å². The predicted octanol–water partition coefficient (Wildman–Crippen LogP) is 3.41. The molecule has 0 bridgehead atoms. The molecule has 1 saturated carbocycles. The largest absolute Gasteiger partial charge is 0.494 e. The zero-order chi connectivity index (χ0) is 23.3. The lowest BCUT2D eigenvalue weighted by Crippen LogP contribution is -2.49. The molecule has 3 fully saturated rings. The van der Waals surface area contributed by atoms with Crippen LogP contribution in [0.4, 0.5) is 5.69 Å². The van der Waals surface area contributed by atoms with Gasteiger partial charge in [-0.2, -0.15) is 0 Å². The van der Waals surface area contributed by atoms with E-state index in [-0.39, 0.29) is 47.0 Å². The Morgan fingerprint density at radius 1 is 1.16 bits per heavy atom. The summed E-state index contributed by atoms with van der Waals surface area (Å²) < 4.78 is 11.2. The summed E-state index contributed by atoms with van der Waals surface area (Å²) >= 11 is 0. The van der Waals surface area contributed by atoms with E-state index in [0.29, 0.717) is 31.2 Å². The van der Waals surface area contributed by atoms with Crippen LogP contribution in [0, 0.1) is 16.7 Å². The lowest BCUT2D eigenvalue weighted by atomic mass is 10.0. The van der Waals surface area contributed by atoms with E-state index in [1.54, 1.807) is 29.2 Å². The van der Waals surface area contributed by atoms with Gasteiger partial charge in [0.15, 0.2) is 0 Å². The Balaban J connectivity index is 1.59. The van der Waals surface area contributed by atoms with Crippen LogP contribution in [0.3, 0.4) is 0 Å². The van der Waals surface area contributed by atoms with Crippen molar-refractivity contribution in [1.82, 2.24) is 4.90 Å². The summed E-state index contributed by atoms with van der Waals surface area (Å²) in [6.07, 6.45) is 1.71. The molecule has 2 heterocycles. The first-order valence-corrected chi connectivity index (χ1v) is 11.6. The second-order valence-electron chi connectivity index (χ2n) is 10.2. The zero-order valence-corrected chi connectivity index (χ0v) is 19.7. The molecule has 4 rings (SSSR count). The van der Waals surface area contributed by atoms with Gasteiger partial charge in [0.1, 0.15) is 11.8 Å². The van der Waals surface area contributed by atoms with Crippen molar-refractivity contribution < 1.29 is 23.9 Å². The highest BCUT2D eigenvalue weighted by molar-refractivity contribution is 6.23. The van der Waals surface area contributed by atoms with Gasteiger partial charge in [0.2, 0.25) is 11.8 Å². The van der Waals surface area contributed by atoms with Crippen molar-refractivity contribution >= 4 is 23.4 Å². The molecule has 1 aromatic carbocycles. The minimum atomic E-state index is -0.794. The molecule has 32 heavy (non-hydrogen) atoms. The van der Waals surface area contributed by atoms with Gasteiger partial charge >= 0.3 is 0 Å². The Morgan fingerprint density at radius 2 is 1.81 bits per heavy atom. The third-order valence-corrected chi connectivity index (χ3v) is 7.88. The second kappa shape index (κ2) is 8.18. The molecule has 1 aromatic rings. The summed E-state index contributed by atoms with van der Waals surface area (Å²) in [5, 5.41) is 0. The van der Waals surface area contributed by atoms with Crippen LogP contribution in [-0.2, 0) is 19.1 Å². The van der Waals surface area contributed by atoms with Crippen molar-refractivity contribution in [2.75, 3.05) is 24.7 Å². The average molecular weight is 443 g/mol. The lowest BCUT2D eigenvalue weighted by Gasteiger charge is -2.30. The van der Waals surface area contributed by atoms with E-state index in [2.05, 4.69) is 27.7 Å². The molecule has 1 aliphatic carbocycles. The highest BCUT2D eigenvalue weighted by Crippen LogP contribution is 2.69. The van der Waals surface area contributed by atoms with Crippen LogP contribution in [0.15, 0.2) is 24.3 Å². The first-order valence-electron chi connectivity index (χ1n) is 11.6. The molecule has 0 radical (unpaired) electrons. The summed E-state index contributed by atoms with van der Waals surface area (Å²) in [4.78, 5) is 42.9. The fraction of sp³-hybridized carbons (Fsp3) is 0.640. The maximum Gasteiger partial charge on any atom is 0.257 e. The van der Waals surface area contributed by atoms with Crippen LogP contribution in [-0.4, -0.2) is 54.5 Å². The molecule has 3 aliphatic rings. The SMILES string of the molecule is CCOc1ccc(N2C(=O)CC(N(CC3CCCO3)C(=O)C3C(C)(C)C3(C)C)C2=O)cc1. The van der Waals surface area contributed by atoms with E-state index in [9.17, 15) is 14.4 Å². The van der Waals surface area contributed by atoms with Gasteiger partial charge in [0, 0.05) is 19.1 Å². The number of anilines is 1. The number of amides is 3. The minimum absolute atomic E-state index is 0.00190. The van der Waals surface area contributed by atoms with Crippen LogP contribution in [0.5, 0.6) is 5.75 Å². The van der Waals surface area contributed by atoms with E-state index >= 15 is 0 Å². The molecule has 0 N–H and O–H groups in total. The summed E-state index contributed by atoms with van der Waals surface area (Å²) in [5.41, 5.74) is 0.195. The van der Waals surface area contributed by atoms with Crippen molar-refractivity contribution in [1.29, 1.82) is 0 Å². The molecule has 0 spiro atoms. The fourth-order valence-electron chi connectivity index (χ4n) is 5.35. The van der Waals surface area contributed by atoms with Gasteiger partial charge in [-0.25, -0.2) is 4.90 Å². The number of nitrogens with zero attached hydrogens (tertiary/aromatic N) is 2. The van der Waals surface area contributed by atoms with Crippen LogP contribution in [0.2, 0.25) is 0 Å². The van der Waals surface area contributed by atoms with Crippen LogP contribution in [0.25, 0.3) is 0 Å². The third kappa shape index (κ3) is 3.70. The van der Waals surface area contributed by atoms with Gasteiger partial charge in [0.25, 0.3) is 5.91 Å². The minimum Gasteiger partial charge on any atom is -0.494 e. The molecule has 2 saturated heterocycles. The monoisotopic (exact) mass is 442 g/mol. The van der Waals surface area contributed by atoms with E-state index in [4.69, 9.17) is 9.47 Å². The smallest absolute Gasteiger partial charge is 0.257 e. The van der Waals surface area contributed by atoms with Gasteiger partial charge in [-0.3, -0.25) is 14.4 Å². The molecule has 2 aliphatic heterocycles. The highest BCUT2D eigenvalue weighted by Gasteiger charge is 2.69. The molecule has 7 nitrogen and oxygen atoms in total. The van der Waals surface area contributed by atoms with Crippen LogP contribution in [0.1, 0.15) is 53.9 Å². The summed E-state index contributed by atoms with van der Waals surface area (Å²) in [5.74, 6) is -0.181. The summed E-state index contributed by atoms with van der Waals surface area (Å²) in [6.45, 7) is 11.8. The van der Waals surface area contributed by atoms with E-state index in [0.717, 1.165) is 12.8 Å². The predicted molar refractivity (Wildman–Crippen MR) is 120 cm³/mol. The second-order valence-corrected chi connectivity index (χ2v) is 10.2. The van der Waals surface area contributed by atoms with E-state index < -0.39 is 6.04 Å². The van der Waals surface area contributed by atoms with Gasteiger partial charge in [0.05, 0.1) is 24.8 Å². The Labute approximate surface area is 190 Å². The Kier molecular flexibility index (Phi) is 5.82. The maximum absolute atomic E-state index is 13.7. The normalized spacial score (nSPS) is 26.5. The van der Waals surface area contributed by atoms with Crippen molar-refractivity contribution in [3.05, 3.63) is 24.3 Å². The maximum atomic E-state index is 13.7. The molecule has 0 aromatic heterocycles. The average Bonchev–Trinajstić information content (AvgIpc) is 3.15.